The molecule has 0 heterocycles. The van der Waals surface area contributed by atoms with Crippen LogP contribution in [0.3, 0.4) is 0 Å². The molecule has 0 fully saturated rings. The molecule has 1 atom stereocenters. The van der Waals surface area contributed by atoms with Crippen LogP contribution in [0.2, 0.25) is 0 Å². The zero-order chi connectivity index (χ0) is 15.8. The van der Waals surface area contributed by atoms with Gasteiger partial charge < -0.3 is 15.7 Å². The summed E-state index contributed by atoms with van der Waals surface area (Å²) < 4.78 is 36.4. The maximum Gasteiger partial charge on any atom is 0.471 e. The Morgan fingerprint density at radius 3 is 2.35 bits per heavy atom. The molecule has 2 amide bonds. The van der Waals surface area contributed by atoms with Crippen LogP contribution >= 0.6 is 11.8 Å². The lowest BCUT2D eigenvalue weighted by molar-refractivity contribution is -0.174. The number of carbonyl (C=O) groups is 3. The van der Waals surface area contributed by atoms with Crippen molar-refractivity contribution in [3.05, 3.63) is 0 Å². The highest BCUT2D eigenvalue weighted by Crippen LogP contribution is 2.15. The van der Waals surface area contributed by atoms with Crippen LogP contribution in [-0.4, -0.2) is 53.7 Å². The molecule has 0 bridgehead atoms. The Balaban J connectivity index is 4.50. The van der Waals surface area contributed by atoms with E-state index in [1.807, 2.05) is 0 Å². The summed E-state index contributed by atoms with van der Waals surface area (Å²) in [4.78, 5) is 32.7. The van der Waals surface area contributed by atoms with Crippen LogP contribution in [0.4, 0.5) is 13.2 Å². The quantitative estimate of drug-likeness (QED) is 0.602. The van der Waals surface area contributed by atoms with Gasteiger partial charge in [0.1, 0.15) is 6.04 Å². The highest BCUT2D eigenvalue weighted by atomic mass is 32.2. The van der Waals surface area contributed by atoms with E-state index in [0.717, 1.165) is 0 Å². The smallest absolute Gasteiger partial charge is 0.471 e. The molecule has 0 aromatic heterocycles. The lowest BCUT2D eigenvalue weighted by Crippen LogP contribution is -2.51. The third-order valence-electron chi connectivity index (χ3n) is 2.13. The lowest BCUT2D eigenvalue weighted by Gasteiger charge is -2.18. The van der Waals surface area contributed by atoms with Crippen LogP contribution in [0.5, 0.6) is 0 Å². The molecule has 0 aliphatic carbocycles. The molecule has 0 aliphatic heterocycles. The topological polar surface area (TPSA) is 95.5 Å². The number of aliphatic carboxylic acids is 1. The minimum atomic E-state index is -5.07. The zero-order valence-electron chi connectivity index (χ0n) is 10.6. The number of rotatable bonds is 8. The third kappa shape index (κ3) is 7.87. The molecular weight excluding hydrogens is 301 g/mol. The first-order chi connectivity index (χ1) is 9.18. The molecule has 0 radical (unpaired) electrons. The lowest BCUT2D eigenvalue weighted by atomic mass is 10.2. The van der Waals surface area contributed by atoms with Gasteiger partial charge in [-0.2, -0.15) is 24.9 Å². The van der Waals surface area contributed by atoms with Crippen LogP contribution in [-0.2, 0) is 14.4 Å². The van der Waals surface area contributed by atoms with Gasteiger partial charge in [0, 0.05) is 6.54 Å². The van der Waals surface area contributed by atoms with Crippen molar-refractivity contribution in [2.45, 2.75) is 25.1 Å². The van der Waals surface area contributed by atoms with Gasteiger partial charge in [-0.25, -0.2) is 0 Å². The monoisotopic (exact) mass is 316 g/mol. The third-order valence-corrected chi connectivity index (χ3v) is 2.77. The second-order valence-electron chi connectivity index (χ2n) is 3.74. The number of halogens is 3. The van der Waals surface area contributed by atoms with Crippen molar-refractivity contribution in [2.24, 2.45) is 0 Å². The van der Waals surface area contributed by atoms with Gasteiger partial charge in [0.05, 0.1) is 6.42 Å². The molecule has 0 saturated carbocycles. The van der Waals surface area contributed by atoms with Crippen molar-refractivity contribution >= 4 is 29.5 Å². The standard InChI is InChI=1S/C10H15F3N2O4S/c1-20-5-3-6(15-9(19)10(11,12)13)8(18)14-4-2-7(16)17/h6H,2-5H2,1H3,(H,14,18)(H,15,19)(H,16,17)/t6-/m0/s1. The van der Waals surface area contributed by atoms with E-state index in [2.05, 4.69) is 5.32 Å². The summed E-state index contributed by atoms with van der Waals surface area (Å²) in [5, 5.41) is 12.1. The van der Waals surface area contributed by atoms with Gasteiger partial charge in [-0.15, -0.1) is 0 Å². The fourth-order valence-electron chi connectivity index (χ4n) is 1.16. The van der Waals surface area contributed by atoms with Crippen LogP contribution in [0.1, 0.15) is 12.8 Å². The maximum absolute atomic E-state index is 12.1. The first-order valence-electron chi connectivity index (χ1n) is 5.54. The molecule has 0 aliphatic rings. The number of alkyl halides is 3. The SMILES string of the molecule is CSCC[C@H](NC(=O)C(F)(F)F)C(=O)NCCC(=O)O. The summed E-state index contributed by atoms with van der Waals surface area (Å²) in [6.07, 6.45) is -3.71. The minimum Gasteiger partial charge on any atom is -0.481 e. The van der Waals surface area contributed by atoms with Crippen molar-refractivity contribution in [1.82, 2.24) is 10.6 Å². The summed E-state index contributed by atoms with van der Waals surface area (Å²) in [7, 11) is 0. The fourth-order valence-corrected chi connectivity index (χ4v) is 1.63. The second kappa shape index (κ2) is 8.67. The molecule has 0 aromatic rings. The second-order valence-corrected chi connectivity index (χ2v) is 4.73. The molecule has 0 spiro atoms. The van der Waals surface area contributed by atoms with Crippen LogP contribution in [0, 0.1) is 0 Å². The van der Waals surface area contributed by atoms with E-state index in [0.29, 0.717) is 5.75 Å². The predicted octanol–water partition coefficient (Wildman–Crippen LogP) is 0.377. The Hall–Kier alpha value is -1.45. The Morgan fingerprint density at radius 2 is 1.90 bits per heavy atom. The van der Waals surface area contributed by atoms with E-state index < -0.39 is 30.0 Å². The van der Waals surface area contributed by atoms with E-state index in [9.17, 15) is 27.6 Å². The largest absolute Gasteiger partial charge is 0.481 e. The highest BCUT2D eigenvalue weighted by molar-refractivity contribution is 7.98. The van der Waals surface area contributed by atoms with Crippen molar-refractivity contribution in [2.75, 3.05) is 18.6 Å². The average molecular weight is 316 g/mol. The number of hydrogen-bond donors (Lipinski definition) is 3. The molecular formula is C10H15F3N2O4S. The fraction of sp³-hybridized carbons (Fsp3) is 0.700. The van der Waals surface area contributed by atoms with Crippen LogP contribution in [0.15, 0.2) is 0 Å². The molecule has 0 aromatic carbocycles. The molecule has 116 valence electrons. The van der Waals surface area contributed by atoms with Crippen molar-refractivity contribution < 1.29 is 32.7 Å². The van der Waals surface area contributed by atoms with Gasteiger partial charge in [-0.3, -0.25) is 14.4 Å². The molecule has 0 unspecified atom stereocenters. The number of carboxylic acids is 1. The minimum absolute atomic E-state index is 0.0158. The van der Waals surface area contributed by atoms with E-state index >= 15 is 0 Å². The van der Waals surface area contributed by atoms with Crippen LogP contribution in [0.25, 0.3) is 0 Å². The highest BCUT2D eigenvalue weighted by Gasteiger charge is 2.40. The van der Waals surface area contributed by atoms with E-state index in [4.69, 9.17) is 5.11 Å². The Labute approximate surface area is 117 Å². The van der Waals surface area contributed by atoms with Crippen molar-refractivity contribution in [3.63, 3.8) is 0 Å². The van der Waals surface area contributed by atoms with Gasteiger partial charge in [-0.05, 0) is 18.4 Å². The predicted molar refractivity (Wildman–Crippen MR) is 66.2 cm³/mol. The molecule has 10 heteroatoms. The Morgan fingerprint density at radius 1 is 1.30 bits per heavy atom. The van der Waals surface area contributed by atoms with E-state index in [-0.39, 0.29) is 19.4 Å². The first kappa shape index (κ1) is 18.6. The molecule has 0 saturated heterocycles. The number of carboxylic acid groups (broad SMARTS) is 1. The number of carbonyl (C=O) groups excluding carboxylic acids is 2. The van der Waals surface area contributed by atoms with Gasteiger partial charge >= 0.3 is 18.1 Å². The number of amides is 2. The summed E-state index contributed by atoms with van der Waals surface area (Å²) in [5.74, 6) is -3.81. The van der Waals surface area contributed by atoms with Gasteiger partial charge in [-0.1, -0.05) is 0 Å². The first-order valence-corrected chi connectivity index (χ1v) is 6.94. The van der Waals surface area contributed by atoms with Gasteiger partial charge in [0.15, 0.2) is 0 Å². The van der Waals surface area contributed by atoms with E-state index in [1.165, 1.54) is 11.8 Å². The Kier molecular flexibility index (Phi) is 8.04. The molecule has 6 nitrogen and oxygen atoms in total. The normalized spacial score (nSPS) is 12.6. The van der Waals surface area contributed by atoms with Crippen molar-refractivity contribution in [3.8, 4) is 0 Å². The average Bonchev–Trinajstić information content (AvgIpc) is 2.32. The number of hydrogen-bond acceptors (Lipinski definition) is 4. The summed E-state index contributed by atoms with van der Waals surface area (Å²) in [6, 6.07) is -1.34. The molecule has 20 heavy (non-hydrogen) atoms. The zero-order valence-corrected chi connectivity index (χ0v) is 11.4. The van der Waals surface area contributed by atoms with E-state index in [1.54, 1.807) is 11.6 Å². The summed E-state index contributed by atoms with van der Waals surface area (Å²) in [6.45, 7) is -0.216. The number of nitrogens with one attached hydrogen (secondary N) is 2. The summed E-state index contributed by atoms with van der Waals surface area (Å²) in [5.41, 5.74) is 0. The van der Waals surface area contributed by atoms with Crippen LogP contribution < -0.4 is 10.6 Å². The summed E-state index contributed by atoms with van der Waals surface area (Å²) >= 11 is 1.30. The van der Waals surface area contributed by atoms with Gasteiger partial charge in [0.25, 0.3) is 0 Å². The molecule has 0 rings (SSSR count). The Bertz CT molecular complexity index is 363. The van der Waals surface area contributed by atoms with Gasteiger partial charge in [0.2, 0.25) is 5.91 Å². The van der Waals surface area contributed by atoms with Crippen molar-refractivity contribution in [1.29, 1.82) is 0 Å². The number of thioether (sulfide) groups is 1. The molecule has 3 N–H and O–H groups in total. The maximum atomic E-state index is 12.1.